The Labute approximate surface area is 137 Å². The molecule has 1 N–H and O–H groups in total. The van der Waals surface area contributed by atoms with E-state index in [-0.39, 0.29) is 5.82 Å². The summed E-state index contributed by atoms with van der Waals surface area (Å²) in [5, 5.41) is 10.2. The molecule has 0 aliphatic rings. The number of benzene rings is 1. The van der Waals surface area contributed by atoms with Gasteiger partial charge in [-0.05, 0) is 37.3 Å². The summed E-state index contributed by atoms with van der Waals surface area (Å²) in [5.41, 5.74) is 1.16. The van der Waals surface area contributed by atoms with Crippen molar-refractivity contribution in [2.75, 3.05) is 11.9 Å². The minimum atomic E-state index is -0.589. The number of anilines is 1. The molecule has 122 valence electrons. The Kier molecular flexibility index (Phi) is 4.37. The fraction of sp³-hybridized carbons (Fsp3) is 0.125. The molecule has 24 heavy (non-hydrogen) atoms. The quantitative estimate of drug-likeness (QED) is 0.720. The van der Waals surface area contributed by atoms with Crippen LogP contribution in [-0.4, -0.2) is 33.4 Å². The van der Waals surface area contributed by atoms with Crippen LogP contribution in [0.15, 0.2) is 53.3 Å². The normalized spacial score (nSPS) is 10.4. The number of carbonyl (C=O) groups excluding carboxylic acids is 2. The van der Waals surface area contributed by atoms with Crippen LogP contribution in [0.3, 0.4) is 0 Å². The van der Waals surface area contributed by atoms with Gasteiger partial charge < -0.3 is 14.6 Å². The van der Waals surface area contributed by atoms with Crippen LogP contribution in [0.1, 0.15) is 16.1 Å². The van der Waals surface area contributed by atoms with E-state index in [1.165, 1.54) is 0 Å². The number of carbonyl (C=O) groups is 2. The van der Waals surface area contributed by atoms with Gasteiger partial charge in [-0.15, -0.1) is 0 Å². The zero-order valence-electron chi connectivity index (χ0n) is 12.8. The van der Waals surface area contributed by atoms with Gasteiger partial charge >= 0.3 is 5.97 Å². The lowest BCUT2D eigenvalue weighted by atomic mass is 10.2. The SMILES string of the molecule is Cc1cc(NC(=O)COC(=O)c2ccc(-n3cccn3)cc2)no1. The van der Waals surface area contributed by atoms with Gasteiger partial charge in [-0.3, -0.25) is 4.79 Å². The Hall–Kier alpha value is -3.42. The molecule has 0 unspecified atom stereocenters. The van der Waals surface area contributed by atoms with Gasteiger partial charge in [-0.25, -0.2) is 9.48 Å². The molecule has 0 spiro atoms. The Morgan fingerprint density at radius 3 is 2.71 bits per heavy atom. The van der Waals surface area contributed by atoms with Crippen molar-refractivity contribution in [1.82, 2.24) is 14.9 Å². The van der Waals surface area contributed by atoms with Gasteiger partial charge in [0, 0.05) is 18.5 Å². The molecule has 0 saturated carbocycles. The molecule has 3 aromatic rings. The van der Waals surface area contributed by atoms with Gasteiger partial charge in [0.2, 0.25) is 0 Å². The first kappa shape index (κ1) is 15.5. The summed E-state index contributed by atoms with van der Waals surface area (Å²) in [6.45, 7) is 1.29. The fourth-order valence-corrected chi connectivity index (χ4v) is 1.99. The second kappa shape index (κ2) is 6.78. The summed E-state index contributed by atoms with van der Waals surface area (Å²) in [6, 6.07) is 10.1. The predicted octanol–water partition coefficient (Wildman–Crippen LogP) is 1.96. The zero-order chi connectivity index (χ0) is 16.9. The van der Waals surface area contributed by atoms with Gasteiger partial charge in [-0.2, -0.15) is 5.10 Å². The Bertz CT molecular complexity index is 837. The second-order valence-corrected chi connectivity index (χ2v) is 4.94. The molecule has 1 aromatic carbocycles. The molecule has 0 bridgehead atoms. The van der Waals surface area contributed by atoms with E-state index in [0.717, 1.165) is 5.69 Å². The van der Waals surface area contributed by atoms with Crippen molar-refractivity contribution >= 4 is 17.7 Å². The van der Waals surface area contributed by atoms with E-state index < -0.39 is 18.5 Å². The summed E-state index contributed by atoms with van der Waals surface area (Å²) in [7, 11) is 0. The number of esters is 1. The molecule has 0 radical (unpaired) electrons. The highest BCUT2D eigenvalue weighted by atomic mass is 16.5. The third-order valence-corrected chi connectivity index (χ3v) is 3.10. The van der Waals surface area contributed by atoms with Crippen LogP contribution in [0.4, 0.5) is 5.82 Å². The molecule has 2 heterocycles. The number of amides is 1. The van der Waals surface area contributed by atoms with Crippen LogP contribution in [0.25, 0.3) is 5.69 Å². The highest BCUT2D eigenvalue weighted by molar-refractivity contribution is 5.95. The summed E-state index contributed by atoms with van der Waals surface area (Å²) >= 11 is 0. The van der Waals surface area contributed by atoms with Crippen molar-refractivity contribution in [2.24, 2.45) is 0 Å². The Balaban J connectivity index is 1.54. The van der Waals surface area contributed by atoms with Gasteiger partial charge in [-0.1, -0.05) is 5.16 Å². The third-order valence-electron chi connectivity index (χ3n) is 3.10. The largest absolute Gasteiger partial charge is 0.452 e. The molecule has 8 heteroatoms. The number of nitrogens with one attached hydrogen (secondary N) is 1. The van der Waals surface area contributed by atoms with Crippen molar-refractivity contribution in [2.45, 2.75) is 6.92 Å². The van der Waals surface area contributed by atoms with E-state index in [9.17, 15) is 9.59 Å². The summed E-state index contributed by atoms with van der Waals surface area (Å²) < 4.78 is 11.5. The van der Waals surface area contributed by atoms with Gasteiger partial charge in [0.1, 0.15) is 5.76 Å². The standard InChI is InChI=1S/C16H14N4O4/c1-11-9-14(19-24-11)18-15(21)10-23-16(22)12-3-5-13(6-4-12)20-8-2-7-17-20/h2-9H,10H2,1H3,(H,18,19,21). The van der Waals surface area contributed by atoms with Crippen LogP contribution in [0, 0.1) is 6.92 Å². The molecule has 0 aliphatic carbocycles. The molecule has 0 fully saturated rings. The fourth-order valence-electron chi connectivity index (χ4n) is 1.99. The van der Waals surface area contributed by atoms with Crippen molar-refractivity contribution in [1.29, 1.82) is 0 Å². The number of hydrogen-bond acceptors (Lipinski definition) is 6. The molecule has 8 nitrogen and oxygen atoms in total. The monoisotopic (exact) mass is 326 g/mol. The first-order chi connectivity index (χ1) is 11.6. The van der Waals surface area contributed by atoms with E-state index in [4.69, 9.17) is 9.26 Å². The van der Waals surface area contributed by atoms with Gasteiger partial charge in [0.25, 0.3) is 5.91 Å². The number of ether oxygens (including phenoxy) is 1. The van der Waals surface area contributed by atoms with E-state index in [0.29, 0.717) is 11.3 Å². The topological polar surface area (TPSA) is 99.2 Å². The summed E-state index contributed by atoms with van der Waals surface area (Å²) in [4.78, 5) is 23.6. The van der Waals surface area contributed by atoms with Crippen molar-refractivity contribution in [3.8, 4) is 5.69 Å². The van der Waals surface area contributed by atoms with Crippen LogP contribution < -0.4 is 5.32 Å². The number of aromatic nitrogens is 3. The van der Waals surface area contributed by atoms with Crippen LogP contribution in [-0.2, 0) is 9.53 Å². The second-order valence-electron chi connectivity index (χ2n) is 4.94. The first-order valence-electron chi connectivity index (χ1n) is 7.12. The van der Waals surface area contributed by atoms with E-state index in [1.54, 1.807) is 60.4 Å². The molecular formula is C16H14N4O4. The van der Waals surface area contributed by atoms with Crippen LogP contribution in [0.2, 0.25) is 0 Å². The lowest BCUT2D eigenvalue weighted by Gasteiger charge is -2.06. The number of nitrogens with zero attached hydrogens (tertiary/aromatic N) is 3. The Morgan fingerprint density at radius 1 is 1.29 bits per heavy atom. The maximum absolute atomic E-state index is 11.9. The van der Waals surface area contributed by atoms with Crippen molar-refractivity contribution in [3.05, 3.63) is 60.1 Å². The average molecular weight is 326 g/mol. The smallest absolute Gasteiger partial charge is 0.338 e. The minimum Gasteiger partial charge on any atom is -0.452 e. The van der Waals surface area contributed by atoms with Crippen LogP contribution in [0.5, 0.6) is 0 Å². The Morgan fingerprint density at radius 2 is 2.08 bits per heavy atom. The van der Waals surface area contributed by atoms with Crippen molar-refractivity contribution in [3.63, 3.8) is 0 Å². The van der Waals surface area contributed by atoms with Crippen LogP contribution >= 0.6 is 0 Å². The molecular weight excluding hydrogens is 312 g/mol. The minimum absolute atomic E-state index is 0.275. The van der Waals surface area contributed by atoms with Gasteiger partial charge in [0.05, 0.1) is 11.3 Å². The maximum atomic E-state index is 11.9. The van der Waals surface area contributed by atoms with E-state index in [2.05, 4.69) is 15.6 Å². The molecule has 2 aromatic heterocycles. The lowest BCUT2D eigenvalue weighted by molar-refractivity contribution is -0.119. The highest BCUT2D eigenvalue weighted by Gasteiger charge is 2.12. The predicted molar refractivity (Wildman–Crippen MR) is 83.7 cm³/mol. The number of hydrogen-bond donors (Lipinski definition) is 1. The highest BCUT2D eigenvalue weighted by Crippen LogP contribution is 2.10. The molecule has 0 atom stereocenters. The first-order valence-corrected chi connectivity index (χ1v) is 7.12. The molecule has 0 saturated heterocycles. The van der Waals surface area contributed by atoms with Crippen molar-refractivity contribution < 1.29 is 18.8 Å². The average Bonchev–Trinajstić information content (AvgIpc) is 3.25. The zero-order valence-corrected chi connectivity index (χ0v) is 12.8. The van der Waals surface area contributed by atoms with Gasteiger partial charge in [0.15, 0.2) is 12.4 Å². The third kappa shape index (κ3) is 3.67. The molecule has 0 aliphatic heterocycles. The number of rotatable bonds is 5. The molecule has 1 amide bonds. The van der Waals surface area contributed by atoms with E-state index >= 15 is 0 Å². The molecule has 3 rings (SSSR count). The van der Waals surface area contributed by atoms with E-state index in [1.807, 2.05) is 0 Å². The summed E-state index contributed by atoms with van der Waals surface area (Å²) in [6.07, 6.45) is 3.46. The summed E-state index contributed by atoms with van der Waals surface area (Å²) in [5.74, 6) is -0.241. The maximum Gasteiger partial charge on any atom is 0.338 e. The number of aryl methyl sites for hydroxylation is 1. The lowest BCUT2D eigenvalue weighted by Crippen LogP contribution is -2.21.